The summed E-state index contributed by atoms with van der Waals surface area (Å²) in [7, 11) is 0. The molecule has 228 valence electrons. The van der Waals surface area contributed by atoms with Gasteiger partial charge in [-0.25, -0.2) is 9.79 Å². The minimum absolute atomic E-state index is 0.139. The summed E-state index contributed by atoms with van der Waals surface area (Å²) in [6.07, 6.45) is 1.66. The lowest BCUT2D eigenvalue weighted by Crippen LogP contribution is -2.39. The largest absolute Gasteiger partial charge is 0.494 e. The number of ether oxygens (including phenoxy) is 3. The molecule has 0 amide bonds. The number of carbonyl (C=O) groups excluding carboxylic acids is 1. The first kappa shape index (κ1) is 32.1. The van der Waals surface area contributed by atoms with Gasteiger partial charge in [0.1, 0.15) is 18.1 Å². The van der Waals surface area contributed by atoms with Crippen LogP contribution in [-0.4, -0.2) is 23.8 Å². The first-order valence-corrected chi connectivity index (χ1v) is 15.9. The van der Waals surface area contributed by atoms with Crippen molar-refractivity contribution >= 4 is 69.8 Å². The minimum atomic E-state index is -0.767. The predicted octanol–water partition coefficient (Wildman–Crippen LogP) is 7.39. The average molecular weight is 692 g/mol. The van der Waals surface area contributed by atoms with Crippen molar-refractivity contribution in [2.75, 3.05) is 13.2 Å². The van der Waals surface area contributed by atoms with Crippen LogP contribution in [0, 0.1) is 0 Å². The fourth-order valence-corrected chi connectivity index (χ4v) is 6.71. The van der Waals surface area contributed by atoms with Crippen LogP contribution in [0.1, 0.15) is 43.5 Å². The van der Waals surface area contributed by atoms with E-state index in [4.69, 9.17) is 60.6 Å². The molecule has 0 unspecified atom stereocenters. The van der Waals surface area contributed by atoms with Crippen molar-refractivity contribution in [2.45, 2.75) is 33.4 Å². The highest BCUT2D eigenvalue weighted by molar-refractivity contribution is 7.07. The zero-order valence-electron chi connectivity index (χ0n) is 23.8. The molecule has 4 aromatic rings. The quantitative estimate of drug-likeness (QED) is 0.171. The molecule has 0 radical (unpaired) electrons. The van der Waals surface area contributed by atoms with Gasteiger partial charge in [-0.2, -0.15) is 0 Å². The molecule has 1 aliphatic heterocycles. The number of esters is 1. The van der Waals surface area contributed by atoms with Gasteiger partial charge in [-0.05, 0) is 74.4 Å². The van der Waals surface area contributed by atoms with E-state index in [0.29, 0.717) is 59.3 Å². The number of allylic oxidation sites excluding steroid dienone is 1. The summed E-state index contributed by atoms with van der Waals surface area (Å²) in [5.74, 6) is 0.467. The van der Waals surface area contributed by atoms with E-state index < -0.39 is 12.0 Å². The second-order valence-corrected chi connectivity index (χ2v) is 12.3. The number of benzene rings is 3. The molecular formula is C32H26Cl4N2O5S. The minimum Gasteiger partial charge on any atom is -0.494 e. The molecule has 12 heteroatoms. The second-order valence-electron chi connectivity index (χ2n) is 9.65. The van der Waals surface area contributed by atoms with Crippen molar-refractivity contribution < 1.29 is 19.0 Å². The highest BCUT2D eigenvalue weighted by Crippen LogP contribution is 2.35. The maximum absolute atomic E-state index is 14.1. The van der Waals surface area contributed by atoms with Gasteiger partial charge in [-0.15, -0.1) is 0 Å². The Hall–Kier alpha value is -3.27. The lowest BCUT2D eigenvalue weighted by Gasteiger charge is -2.24. The van der Waals surface area contributed by atoms with Crippen LogP contribution in [0.4, 0.5) is 0 Å². The summed E-state index contributed by atoms with van der Waals surface area (Å²) < 4.78 is 18.9. The number of aromatic nitrogens is 1. The van der Waals surface area contributed by atoms with E-state index in [-0.39, 0.29) is 29.4 Å². The number of rotatable bonds is 9. The normalized spacial score (nSPS) is 14.7. The Balaban J connectivity index is 1.62. The lowest BCUT2D eigenvalue weighted by molar-refractivity contribution is -0.139. The van der Waals surface area contributed by atoms with Crippen molar-refractivity contribution in [3.63, 3.8) is 0 Å². The van der Waals surface area contributed by atoms with E-state index in [9.17, 15) is 9.59 Å². The summed E-state index contributed by atoms with van der Waals surface area (Å²) >= 11 is 26.3. The van der Waals surface area contributed by atoms with Crippen LogP contribution in [0.5, 0.6) is 11.5 Å². The van der Waals surface area contributed by atoms with E-state index in [1.165, 1.54) is 15.9 Å². The van der Waals surface area contributed by atoms with Crippen LogP contribution in [0.25, 0.3) is 6.08 Å². The van der Waals surface area contributed by atoms with Crippen LogP contribution in [0.15, 0.2) is 75.7 Å². The molecule has 1 atom stereocenters. The zero-order valence-corrected chi connectivity index (χ0v) is 27.7. The number of hydrogen-bond acceptors (Lipinski definition) is 7. The third kappa shape index (κ3) is 6.70. The van der Waals surface area contributed by atoms with Gasteiger partial charge in [0.15, 0.2) is 4.80 Å². The third-order valence-corrected chi connectivity index (χ3v) is 8.94. The van der Waals surface area contributed by atoms with Gasteiger partial charge in [-0.3, -0.25) is 9.36 Å². The number of fused-ring (bicyclic) bond motifs is 1. The molecule has 0 N–H and O–H groups in total. The molecular weight excluding hydrogens is 666 g/mol. The van der Waals surface area contributed by atoms with Crippen LogP contribution < -0.4 is 24.4 Å². The van der Waals surface area contributed by atoms with Crippen molar-refractivity contribution in [3.05, 3.63) is 122 Å². The van der Waals surface area contributed by atoms with Crippen LogP contribution >= 0.6 is 57.7 Å². The Morgan fingerprint density at radius 2 is 1.70 bits per heavy atom. The Morgan fingerprint density at radius 1 is 0.955 bits per heavy atom. The Labute approximate surface area is 277 Å². The third-order valence-electron chi connectivity index (χ3n) is 6.71. The monoisotopic (exact) mass is 690 g/mol. The molecule has 0 saturated carbocycles. The zero-order chi connectivity index (χ0) is 31.5. The summed E-state index contributed by atoms with van der Waals surface area (Å²) in [5.41, 5.74) is 2.36. The predicted molar refractivity (Wildman–Crippen MR) is 175 cm³/mol. The molecule has 1 aromatic heterocycles. The maximum Gasteiger partial charge on any atom is 0.338 e. The van der Waals surface area contributed by atoms with Gasteiger partial charge < -0.3 is 14.2 Å². The molecule has 2 heterocycles. The summed E-state index contributed by atoms with van der Waals surface area (Å²) in [6, 6.07) is 14.9. The summed E-state index contributed by atoms with van der Waals surface area (Å²) in [6.45, 7) is 6.18. The van der Waals surface area contributed by atoms with Gasteiger partial charge in [0.2, 0.25) is 0 Å². The molecule has 0 spiro atoms. The molecule has 5 rings (SSSR count). The molecule has 0 bridgehead atoms. The van der Waals surface area contributed by atoms with E-state index in [0.717, 1.165) is 5.56 Å². The molecule has 0 fully saturated rings. The van der Waals surface area contributed by atoms with Crippen molar-refractivity contribution in [1.29, 1.82) is 0 Å². The first-order chi connectivity index (χ1) is 21.1. The second kappa shape index (κ2) is 13.8. The van der Waals surface area contributed by atoms with E-state index in [1.54, 1.807) is 62.4 Å². The number of thiazole rings is 1. The van der Waals surface area contributed by atoms with Crippen molar-refractivity contribution in [1.82, 2.24) is 4.57 Å². The molecule has 0 aliphatic carbocycles. The summed E-state index contributed by atoms with van der Waals surface area (Å²) in [4.78, 5) is 32.3. The maximum atomic E-state index is 14.1. The molecule has 1 aliphatic rings. The van der Waals surface area contributed by atoms with Crippen molar-refractivity contribution in [2.24, 2.45) is 4.99 Å². The standard InChI is InChI=1S/C32H26Cl4N2O5S/c1-4-41-22-9-7-19(8-10-22)28-27(31(40)42-5-2)17(3)37-32-38(28)30(39)26(44-32)14-20-13-21(33)15-25(36)29(20)43-16-18-6-11-23(34)24(35)12-18/h6-15,28H,4-5,16H2,1-3H3/b26-14-/t28-/m1/s1. The SMILES string of the molecule is CCOC(=O)C1=C(C)N=c2s/c(=C\c3cc(Cl)cc(Cl)c3OCc3ccc(Cl)c(Cl)c3)c(=O)n2[C@@H]1c1ccc(OCC)cc1. The van der Waals surface area contributed by atoms with Crippen LogP contribution in [0.2, 0.25) is 20.1 Å². The van der Waals surface area contributed by atoms with Crippen molar-refractivity contribution in [3.8, 4) is 11.5 Å². The number of nitrogens with zero attached hydrogens (tertiary/aromatic N) is 2. The van der Waals surface area contributed by atoms with Gasteiger partial charge >= 0.3 is 5.97 Å². The Morgan fingerprint density at radius 3 is 2.39 bits per heavy atom. The fourth-order valence-electron chi connectivity index (χ4n) is 4.79. The lowest BCUT2D eigenvalue weighted by atomic mass is 9.96. The number of hydrogen-bond donors (Lipinski definition) is 0. The van der Waals surface area contributed by atoms with Gasteiger partial charge in [-0.1, -0.05) is 75.9 Å². The fraction of sp³-hybridized carbons (Fsp3) is 0.219. The van der Waals surface area contributed by atoms with Gasteiger partial charge in [0.05, 0.1) is 50.1 Å². The number of carbonyl (C=O) groups is 1. The number of halogens is 4. The molecule has 0 saturated heterocycles. The van der Waals surface area contributed by atoms with Gasteiger partial charge in [0, 0.05) is 10.6 Å². The van der Waals surface area contributed by atoms with Gasteiger partial charge in [0.25, 0.3) is 5.56 Å². The average Bonchev–Trinajstić information content (AvgIpc) is 3.28. The van der Waals surface area contributed by atoms with Crippen LogP contribution in [0.3, 0.4) is 0 Å². The Bertz CT molecular complexity index is 1950. The highest BCUT2D eigenvalue weighted by atomic mass is 35.5. The molecule has 3 aromatic carbocycles. The molecule has 7 nitrogen and oxygen atoms in total. The van der Waals surface area contributed by atoms with E-state index >= 15 is 0 Å². The summed E-state index contributed by atoms with van der Waals surface area (Å²) in [5, 5.41) is 1.46. The van der Waals surface area contributed by atoms with Crippen LogP contribution in [-0.2, 0) is 16.1 Å². The van der Waals surface area contributed by atoms with E-state index in [2.05, 4.69) is 4.99 Å². The molecule has 44 heavy (non-hydrogen) atoms. The smallest absolute Gasteiger partial charge is 0.338 e. The Kier molecular flexibility index (Phi) is 10.1. The highest BCUT2D eigenvalue weighted by Gasteiger charge is 2.33. The topological polar surface area (TPSA) is 79.1 Å². The van der Waals surface area contributed by atoms with E-state index in [1.807, 2.05) is 19.1 Å². The first-order valence-electron chi connectivity index (χ1n) is 13.6.